The SMILES string of the molecule is COc1cccc2c1CCC[C@H]2CN(C)CCc1ccc2c(c1)CN(NS(C)(=O)=O)C2.CS(=O)(=O)O.O. The highest BCUT2D eigenvalue weighted by Crippen LogP contribution is 2.37. The van der Waals surface area contributed by atoms with Crippen LogP contribution in [-0.4, -0.2) is 76.5 Å². The molecule has 37 heavy (non-hydrogen) atoms. The monoisotopic (exact) mass is 557 g/mol. The van der Waals surface area contributed by atoms with Gasteiger partial charge in [-0.1, -0.05) is 30.3 Å². The third-order valence-electron chi connectivity index (χ3n) is 6.41. The van der Waals surface area contributed by atoms with Crippen molar-refractivity contribution < 1.29 is 31.6 Å². The Kier molecular flexibility index (Phi) is 11.1. The Morgan fingerprint density at radius 1 is 1.11 bits per heavy atom. The van der Waals surface area contributed by atoms with Crippen LogP contribution < -0.4 is 9.57 Å². The number of benzene rings is 2. The Morgan fingerprint density at radius 3 is 2.43 bits per heavy atom. The van der Waals surface area contributed by atoms with Crippen LogP contribution in [-0.2, 0) is 46.1 Å². The highest BCUT2D eigenvalue weighted by Gasteiger charge is 2.24. The maximum Gasteiger partial charge on any atom is 0.261 e. The molecule has 1 aliphatic carbocycles. The average Bonchev–Trinajstić information content (AvgIpc) is 3.16. The van der Waals surface area contributed by atoms with Crippen LogP contribution in [0.3, 0.4) is 0 Å². The normalized spacial score (nSPS) is 17.3. The maximum absolute atomic E-state index is 11.5. The predicted molar refractivity (Wildman–Crippen MR) is 145 cm³/mol. The van der Waals surface area contributed by atoms with E-state index in [-0.39, 0.29) is 5.48 Å². The van der Waals surface area contributed by atoms with Crippen LogP contribution in [0.15, 0.2) is 36.4 Å². The zero-order valence-electron chi connectivity index (χ0n) is 21.9. The van der Waals surface area contributed by atoms with Crippen molar-refractivity contribution in [3.05, 3.63) is 64.2 Å². The number of nitrogens with one attached hydrogen (secondary N) is 1. The molecule has 1 atom stereocenters. The summed E-state index contributed by atoms with van der Waals surface area (Å²) in [5.41, 5.74) is 6.55. The number of likely N-dealkylation sites (N-methyl/N-ethyl adjacent to an activating group) is 1. The first-order valence-corrected chi connectivity index (χ1v) is 15.7. The molecule has 0 radical (unpaired) electrons. The summed E-state index contributed by atoms with van der Waals surface area (Å²) in [5.74, 6) is 1.59. The molecule has 0 aromatic heterocycles. The number of hydrogen-bond donors (Lipinski definition) is 2. The average molecular weight is 558 g/mol. The van der Waals surface area contributed by atoms with Crippen LogP contribution in [0.25, 0.3) is 0 Å². The van der Waals surface area contributed by atoms with Crippen LogP contribution in [0.1, 0.15) is 46.6 Å². The van der Waals surface area contributed by atoms with Gasteiger partial charge in [-0.3, -0.25) is 4.55 Å². The van der Waals surface area contributed by atoms with Gasteiger partial charge in [-0.15, -0.1) is 4.83 Å². The molecular formula is C25H39N3O7S2. The van der Waals surface area contributed by atoms with Gasteiger partial charge in [0, 0.05) is 26.2 Å². The molecule has 0 bridgehead atoms. The van der Waals surface area contributed by atoms with Gasteiger partial charge in [-0.2, -0.15) is 8.42 Å². The minimum absolute atomic E-state index is 0. The van der Waals surface area contributed by atoms with Crippen molar-refractivity contribution in [2.24, 2.45) is 0 Å². The van der Waals surface area contributed by atoms with Crippen molar-refractivity contribution in [1.29, 1.82) is 0 Å². The van der Waals surface area contributed by atoms with Crippen molar-refractivity contribution in [1.82, 2.24) is 14.7 Å². The Balaban J connectivity index is 0.000000734. The summed E-state index contributed by atoms with van der Waals surface area (Å²) in [7, 11) is -2.93. The van der Waals surface area contributed by atoms with Crippen molar-refractivity contribution in [2.45, 2.75) is 44.7 Å². The van der Waals surface area contributed by atoms with Crippen LogP contribution in [0, 0.1) is 0 Å². The molecule has 4 N–H and O–H groups in total. The predicted octanol–water partition coefficient (Wildman–Crippen LogP) is 1.75. The quantitative estimate of drug-likeness (QED) is 0.467. The number of hydrazine groups is 1. The molecule has 0 amide bonds. The fraction of sp³-hybridized carbons (Fsp3) is 0.520. The lowest BCUT2D eigenvalue weighted by Gasteiger charge is -2.30. The molecule has 10 nitrogen and oxygen atoms in total. The molecule has 2 aromatic carbocycles. The van der Waals surface area contributed by atoms with E-state index in [1.54, 1.807) is 12.1 Å². The fourth-order valence-electron chi connectivity index (χ4n) is 4.98. The maximum atomic E-state index is 11.5. The van der Waals surface area contributed by atoms with Gasteiger partial charge >= 0.3 is 0 Å². The molecule has 1 heterocycles. The van der Waals surface area contributed by atoms with E-state index in [0.29, 0.717) is 25.3 Å². The summed E-state index contributed by atoms with van der Waals surface area (Å²) in [5, 5.41) is 1.75. The van der Waals surface area contributed by atoms with Gasteiger partial charge in [-0.05, 0) is 72.5 Å². The second-order valence-corrected chi connectivity index (χ2v) is 12.9. The van der Waals surface area contributed by atoms with E-state index < -0.39 is 20.1 Å². The molecule has 4 rings (SSSR count). The first kappa shape index (κ1) is 31.2. The number of fused-ring (bicyclic) bond motifs is 2. The first-order valence-electron chi connectivity index (χ1n) is 11.9. The molecule has 2 aromatic rings. The van der Waals surface area contributed by atoms with Gasteiger partial charge in [0.1, 0.15) is 5.75 Å². The summed E-state index contributed by atoms with van der Waals surface area (Å²) in [6.45, 7) is 3.29. The molecule has 0 spiro atoms. The van der Waals surface area contributed by atoms with Crippen LogP contribution in [0.4, 0.5) is 0 Å². The van der Waals surface area contributed by atoms with Crippen LogP contribution >= 0.6 is 0 Å². The Labute approximate surface area is 220 Å². The lowest BCUT2D eigenvalue weighted by atomic mass is 9.82. The van der Waals surface area contributed by atoms with E-state index >= 15 is 0 Å². The lowest BCUT2D eigenvalue weighted by Crippen LogP contribution is -2.37. The first-order chi connectivity index (χ1) is 16.8. The number of ether oxygens (including phenoxy) is 1. The van der Waals surface area contributed by atoms with Gasteiger partial charge in [0.2, 0.25) is 10.0 Å². The second kappa shape index (κ2) is 13.1. The highest BCUT2D eigenvalue weighted by atomic mass is 32.2. The van der Waals surface area contributed by atoms with Gasteiger partial charge in [0.05, 0.1) is 19.6 Å². The van der Waals surface area contributed by atoms with E-state index in [1.165, 1.54) is 46.9 Å². The largest absolute Gasteiger partial charge is 0.496 e. The van der Waals surface area contributed by atoms with Crippen molar-refractivity contribution >= 4 is 20.1 Å². The van der Waals surface area contributed by atoms with Gasteiger partial charge in [0.15, 0.2) is 0 Å². The van der Waals surface area contributed by atoms with Gasteiger partial charge in [0.25, 0.3) is 10.1 Å². The van der Waals surface area contributed by atoms with Crippen LogP contribution in [0.2, 0.25) is 0 Å². The zero-order valence-corrected chi connectivity index (χ0v) is 23.5. The summed E-state index contributed by atoms with van der Waals surface area (Å²) in [4.78, 5) is 5.02. The summed E-state index contributed by atoms with van der Waals surface area (Å²) >= 11 is 0. The minimum Gasteiger partial charge on any atom is -0.496 e. The van der Waals surface area contributed by atoms with Crippen molar-refractivity contribution in [2.75, 3.05) is 39.8 Å². The Morgan fingerprint density at radius 2 is 1.78 bits per heavy atom. The van der Waals surface area contributed by atoms with E-state index in [9.17, 15) is 16.8 Å². The topological polar surface area (TPSA) is 148 Å². The molecule has 0 unspecified atom stereocenters. The third-order valence-corrected chi connectivity index (χ3v) is 7.00. The summed E-state index contributed by atoms with van der Waals surface area (Å²) in [6.07, 6.45) is 6.45. The van der Waals surface area contributed by atoms with Gasteiger partial charge in [-0.25, -0.2) is 13.4 Å². The highest BCUT2D eigenvalue weighted by molar-refractivity contribution is 7.88. The minimum atomic E-state index is -3.67. The third kappa shape index (κ3) is 9.97. The van der Waals surface area contributed by atoms with Crippen LogP contribution in [0.5, 0.6) is 5.75 Å². The van der Waals surface area contributed by atoms with E-state index in [2.05, 4.69) is 53.2 Å². The molecule has 0 saturated carbocycles. The number of nitrogens with zero attached hydrogens (tertiary/aromatic N) is 2. The van der Waals surface area contributed by atoms with Crippen molar-refractivity contribution in [3.63, 3.8) is 0 Å². The summed E-state index contributed by atoms with van der Waals surface area (Å²) < 4.78 is 54.4. The second-order valence-electron chi connectivity index (χ2n) is 9.69. The molecule has 0 fully saturated rings. The van der Waals surface area contributed by atoms with E-state index in [1.807, 2.05) is 0 Å². The molecule has 208 valence electrons. The number of rotatable bonds is 8. The molecule has 1 aliphatic heterocycles. The smallest absolute Gasteiger partial charge is 0.261 e. The standard InChI is InChI=1S/C24H33N3O3S.CH4O3S.H2O/c1-26(15-20-6-4-8-23-22(20)7-5-9-24(23)30-2)13-12-18-10-11-19-16-27(17-21(19)14-18)25-31(3,28)29;1-5(2,3)4;/h5,7,9-11,14,20,25H,4,6,8,12-13,15-17H2,1-3H3;1H3,(H,2,3,4);1H2/t20-;;/m0../s1. The molecule has 12 heteroatoms. The van der Waals surface area contributed by atoms with E-state index in [4.69, 9.17) is 9.29 Å². The number of methoxy groups -OCH3 is 1. The molecule has 0 saturated heterocycles. The molecular weight excluding hydrogens is 518 g/mol. The Hall–Kier alpha value is -2.06. The van der Waals surface area contributed by atoms with E-state index in [0.717, 1.165) is 31.7 Å². The number of hydrogen-bond acceptors (Lipinski definition) is 7. The number of sulfonamides is 1. The summed E-state index contributed by atoms with van der Waals surface area (Å²) in [6, 6.07) is 13.0. The Bertz CT molecular complexity index is 1260. The fourth-order valence-corrected chi connectivity index (χ4v) is 5.58. The van der Waals surface area contributed by atoms with Crippen molar-refractivity contribution in [3.8, 4) is 5.75 Å². The zero-order chi connectivity index (χ0) is 26.5. The molecule has 2 aliphatic rings. The van der Waals surface area contributed by atoms with Gasteiger partial charge < -0.3 is 15.1 Å². The lowest BCUT2D eigenvalue weighted by molar-refractivity contribution is 0.249.